The molecule has 0 amide bonds. The molecule has 1 aromatic heterocycles. The third kappa shape index (κ3) is 4.76. The maximum atomic E-state index is 14.3. The van der Waals surface area contributed by atoms with Gasteiger partial charge in [0.2, 0.25) is 0 Å². The van der Waals surface area contributed by atoms with Crippen LogP contribution < -0.4 is 5.32 Å². The average Bonchev–Trinajstić information content (AvgIpc) is 3.39. The van der Waals surface area contributed by atoms with E-state index in [-0.39, 0.29) is 24.9 Å². The normalized spacial score (nSPS) is 21.7. The molecular weight excluding hydrogens is 474 g/mol. The van der Waals surface area contributed by atoms with Crippen molar-refractivity contribution in [2.45, 2.75) is 58.8 Å². The summed E-state index contributed by atoms with van der Waals surface area (Å²) in [5, 5.41) is 5.42. The van der Waals surface area contributed by atoms with Crippen LogP contribution in [0.3, 0.4) is 0 Å². The first-order valence-electron chi connectivity index (χ1n) is 12.6. The molecule has 0 unspecified atom stereocenters. The molecule has 0 saturated heterocycles. The van der Waals surface area contributed by atoms with Gasteiger partial charge in [-0.3, -0.25) is 9.59 Å². The Kier molecular flexibility index (Phi) is 8.09. The second-order valence-electron chi connectivity index (χ2n) is 9.09. The van der Waals surface area contributed by atoms with E-state index in [0.717, 1.165) is 33.8 Å². The Bertz CT molecular complexity index is 1210. The van der Waals surface area contributed by atoms with Gasteiger partial charge in [0.1, 0.15) is 5.92 Å². The minimum Gasteiger partial charge on any atom is -0.465 e. The Morgan fingerprint density at radius 2 is 1.81 bits per heavy atom. The van der Waals surface area contributed by atoms with E-state index in [1.54, 1.807) is 13.8 Å². The fraction of sp³-hybridized carbons (Fsp3) is 0.414. The summed E-state index contributed by atoms with van der Waals surface area (Å²) in [6.07, 6.45) is 1.95. The van der Waals surface area contributed by atoms with Gasteiger partial charge in [-0.05, 0) is 56.2 Å². The SMILES string of the molecule is CCCC1=C(C(=O)OCC)[C@@H](c2ccccc2C)C2=C(C[C@H](c3cccs3)[C@H](C(=O)OCC)C2=O)N1. The second-order valence-corrected chi connectivity index (χ2v) is 10.1. The van der Waals surface area contributed by atoms with E-state index in [2.05, 4.69) is 12.2 Å². The van der Waals surface area contributed by atoms with Crippen LogP contribution >= 0.6 is 11.3 Å². The van der Waals surface area contributed by atoms with Crippen LogP contribution in [0, 0.1) is 12.8 Å². The van der Waals surface area contributed by atoms with Crippen molar-refractivity contribution in [1.82, 2.24) is 5.32 Å². The molecule has 6 nitrogen and oxygen atoms in total. The minimum absolute atomic E-state index is 0.194. The third-order valence-corrected chi connectivity index (χ3v) is 7.85. The zero-order chi connectivity index (χ0) is 25.8. The summed E-state index contributed by atoms with van der Waals surface area (Å²) in [6, 6.07) is 11.7. The Labute approximate surface area is 216 Å². The smallest absolute Gasteiger partial charge is 0.336 e. The number of allylic oxidation sites excluding steroid dienone is 3. The van der Waals surface area contributed by atoms with Crippen LogP contribution in [0.5, 0.6) is 0 Å². The van der Waals surface area contributed by atoms with Crippen LogP contribution in [0.2, 0.25) is 0 Å². The first kappa shape index (κ1) is 25.9. The number of ketones is 1. The lowest BCUT2D eigenvalue weighted by Gasteiger charge is -2.40. The van der Waals surface area contributed by atoms with Crippen LogP contribution in [-0.4, -0.2) is 30.9 Å². The van der Waals surface area contributed by atoms with Gasteiger partial charge in [-0.2, -0.15) is 0 Å². The topological polar surface area (TPSA) is 81.7 Å². The first-order chi connectivity index (χ1) is 17.4. The Morgan fingerprint density at radius 1 is 1.06 bits per heavy atom. The van der Waals surface area contributed by atoms with Gasteiger partial charge < -0.3 is 14.8 Å². The van der Waals surface area contributed by atoms with Crippen molar-refractivity contribution in [3.8, 4) is 0 Å². The van der Waals surface area contributed by atoms with E-state index in [0.29, 0.717) is 24.0 Å². The molecule has 1 aliphatic carbocycles. The number of carbonyl (C=O) groups is 3. The highest BCUT2D eigenvalue weighted by atomic mass is 32.1. The van der Waals surface area contributed by atoms with Crippen molar-refractivity contribution in [3.63, 3.8) is 0 Å². The number of aryl methyl sites for hydroxylation is 1. The number of rotatable bonds is 8. The lowest BCUT2D eigenvalue weighted by Crippen LogP contribution is -2.43. The highest BCUT2D eigenvalue weighted by molar-refractivity contribution is 7.10. The molecular formula is C29H33NO5S. The number of hydrogen-bond donors (Lipinski definition) is 1. The van der Waals surface area contributed by atoms with Gasteiger partial charge in [-0.25, -0.2) is 4.79 Å². The Balaban J connectivity index is 1.94. The summed E-state index contributed by atoms with van der Waals surface area (Å²) in [5.74, 6) is -3.15. The summed E-state index contributed by atoms with van der Waals surface area (Å²) in [4.78, 5) is 41.9. The lowest BCUT2D eigenvalue weighted by molar-refractivity contribution is -0.152. The first-order valence-corrected chi connectivity index (χ1v) is 13.5. The van der Waals surface area contributed by atoms with Crippen LogP contribution in [0.15, 0.2) is 64.3 Å². The van der Waals surface area contributed by atoms with Crippen LogP contribution in [-0.2, 0) is 23.9 Å². The van der Waals surface area contributed by atoms with Crippen molar-refractivity contribution in [2.24, 2.45) is 5.92 Å². The number of benzene rings is 1. The third-order valence-electron chi connectivity index (χ3n) is 6.85. The summed E-state index contributed by atoms with van der Waals surface area (Å²) >= 11 is 1.54. The maximum absolute atomic E-state index is 14.3. The molecule has 7 heteroatoms. The second kappa shape index (κ2) is 11.2. The fourth-order valence-electron chi connectivity index (χ4n) is 5.34. The van der Waals surface area contributed by atoms with E-state index < -0.39 is 23.8 Å². The highest BCUT2D eigenvalue weighted by Gasteiger charge is 2.49. The zero-order valence-electron chi connectivity index (χ0n) is 21.3. The molecule has 0 fully saturated rings. The van der Waals surface area contributed by atoms with Gasteiger partial charge in [-0.1, -0.05) is 43.7 Å². The van der Waals surface area contributed by atoms with Crippen molar-refractivity contribution >= 4 is 29.1 Å². The predicted molar refractivity (Wildman–Crippen MR) is 139 cm³/mol. The van der Waals surface area contributed by atoms with Gasteiger partial charge in [0, 0.05) is 33.7 Å². The molecule has 3 atom stereocenters. The Hall–Kier alpha value is -3.19. The number of carbonyl (C=O) groups excluding carboxylic acids is 3. The van der Waals surface area contributed by atoms with E-state index >= 15 is 0 Å². The molecule has 190 valence electrons. The minimum atomic E-state index is -0.966. The number of dihydropyridines is 1. The van der Waals surface area contributed by atoms with Gasteiger partial charge >= 0.3 is 11.9 Å². The Morgan fingerprint density at radius 3 is 2.44 bits per heavy atom. The highest BCUT2D eigenvalue weighted by Crippen LogP contribution is 2.49. The van der Waals surface area contributed by atoms with Crippen LogP contribution in [0.4, 0.5) is 0 Å². The number of nitrogens with one attached hydrogen (secondary N) is 1. The maximum Gasteiger partial charge on any atom is 0.336 e. The zero-order valence-corrected chi connectivity index (χ0v) is 22.1. The predicted octanol–water partition coefficient (Wildman–Crippen LogP) is 5.55. The average molecular weight is 508 g/mol. The standard InChI is InChI=1S/C29H33NO5S/c1-5-11-20-26(29(33)35-7-3)23(18-13-9-8-12-17(18)4)25-21(30-20)16-19(22-14-10-15-36-22)24(27(25)31)28(32)34-6-2/h8-10,12-15,19,23-24,30H,5-7,11,16H2,1-4H3/t19-,23+,24+/m1/s1. The molecule has 36 heavy (non-hydrogen) atoms. The number of hydrogen-bond acceptors (Lipinski definition) is 7. The summed E-state index contributed by atoms with van der Waals surface area (Å²) in [6.45, 7) is 7.97. The van der Waals surface area contributed by atoms with Gasteiger partial charge in [-0.15, -0.1) is 11.3 Å². The molecule has 0 radical (unpaired) electrons. The molecule has 0 saturated carbocycles. The summed E-state index contributed by atoms with van der Waals surface area (Å²) in [5.41, 5.74) is 4.33. The lowest BCUT2D eigenvalue weighted by atomic mass is 9.67. The molecule has 0 bridgehead atoms. The number of ether oxygens (including phenoxy) is 2. The van der Waals surface area contributed by atoms with Crippen molar-refractivity contribution in [2.75, 3.05) is 13.2 Å². The van der Waals surface area contributed by atoms with Gasteiger partial charge in [0.15, 0.2) is 5.78 Å². The number of esters is 2. The van der Waals surface area contributed by atoms with Crippen molar-refractivity contribution < 1.29 is 23.9 Å². The molecule has 1 N–H and O–H groups in total. The molecule has 2 aliphatic rings. The summed E-state index contributed by atoms with van der Waals surface area (Å²) in [7, 11) is 0. The van der Waals surface area contributed by atoms with Crippen LogP contribution in [0.1, 0.15) is 67.9 Å². The van der Waals surface area contributed by atoms with Crippen LogP contribution in [0.25, 0.3) is 0 Å². The molecule has 2 heterocycles. The number of thiophene rings is 1. The molecule has 2 aromatic rings. The number of Topliss-reactive ketones (excluding diaryl/α,β-unsaturated/α-hetero) is 1. The van der Waals surface area contributed by atoms with Crippen molar-refractivity contribution in [1.29, 1.82) is 0 Å². The van der Waals surface area contributed by atoms with Crippen molar-refractivity contribution in [3.05, 3.63) is 80.3 Å². The van der Waals surface area contributed by atoms with E-state index in [9.17, 15) is 14.4 Å². The quantitative estimate of drug-likeness (QED) is 0.373. The molecule has 1 aliphatic heterocycles. The van der Waals surface area contributed by atoms with Gasteiger partial charge in [0.05, 0.1) is 18.8 Å². The molecule has 1 aromatic carbocycles. The van der Waals surface area contributed by atoms with E-state index in [4.69, 9.17) is 9.47 Å². The molecule has 0 spiro atoms. The monoisotopic (exact) mass is 507 g/mol. The largest absolute Gasteiger partial charge is 0.465 e. The fourth-order valence-corrected chi connectivity index (χ4v) is 6.20. The van der Waals surface area contributed by atoms with E-state index in [1.807, 2.05) is 48.7 Å². The van der Waals surface area contributed by atoms with E-state index in [1.165, 1.54) is 11.3 Å². The molecule has 4 rings (SSSR count). The van der Waals surface area contributed by atoms with Gasteiger partial charge in [0.25, 0.3) is 0 Å². The summed E-state index contributed by atoms with van der Waals surface area (Å²) < 4.78 is 10.9.